The van der Waals surface area contributed by atoms with Crippen LogP contribution in [-0.2, 0) is 14.3 Å². The maximum atomic E-state index is 11.3. The van der Waals surface area contributed by atoms with Crippen LogP contribution in [0.1, 0.15) is 13.3 Å². The molecule has 0 aromatic carbocycles. The number of carbonyl (C=O) groups is 2. The second-order valence-corrected chi connectivity index (χ2v) is 3.92. The molecule has 2 atom stereocenters. The van der Waals surface area contributed by atoms with Gasteiger partial charge in [0.25, 0.3) is 0 Å². The van der Waals surface area contributed by atoms with Gasteiger partial charge < -0.3 is 9.84 Å². The molecular formula is C10H17NO4. The number of ketones is 1. The van der Waals surface area contributed by atoms with Gasteiger partial charge in [-0.1, -0.05) is 6.92 Å². The van der Waals surface area contributed by atoms with Crippen LogP contribution in [0.5, 0.6) is 0 Å². The van der Waals surface area contributed by atoms with Crippen molar-refractivity contribution in [2.75, 3.05) is 26.8 Å². The molecule has 1 fully saturated rings. The average molecular weight is 215 g/mol. The number of nitrogens with zero attached hydrogens (tertiary/aromatic N) is 1. The molecule has 1 aliphatic heterocycles. The monoisotopic (exact) mass is 215 g/mol. The maximum Gasteiger partial charge on any atom is 0.323 e. The molecule has 1 saturated heterocycles. The van der Waals surface area contributed by atoms with Crippen molar-refractivity contribution in [1.29, 1.82) is 0 Å². The standard InChI is InChI=1S/C10H17NO4/c1-7-5-11(4-3-9(7)12)8(6-15-2)10(13)14/h7-8H,3-6H2,1-2H3,(H,13,14). The van der Waals surface area contributed by atoms with Crippen LogP contribution in [0.3, 0.4) is 0 Å². The van der Waals surface area contributed by atoms with Crippen LogP contribution in [0.25, 0.3) is 0 Å². The fraction of sp³-hybridized carbons (Fsp3) is 0.800. The van der Waals surface area contributed by atoms with Crippen molar-refractivity contribution < 1.29 is 19.4 Å². The summed E-state index contributed by atoms with van der Waals surface area (Å²) < 4.78 is 4.87. The summed E-state index contributed by atoms with van der Waals surface area (Å²) in [4.78, 5) is 24.1. The molecule has 1 N–H and O–H groups in total. The van der Waals surface area contributed by atoms with Crippen molar-refractivity contribution in [2.24, 2.45) is 5.92 Å². The third kappa shape index (κ3) is 3.00. The zero-order valence-corrected chi connectivity index (χ0v) is 9.10. The minimum Gasteiger partial charge on any atom is -0.480 e. The van der Waals surface area contributed by atoms with E-state index in [0.717, 1.165) is 0 Å². The molecule has 0 aromatic heterocycles. The highest BCUT2D eigenvalue weighted by Gasteiger charge is 2.32. The summed E-state index contributed by atoms with van der Waals surface area (Å²) in [6, 6.07) is -0.634. The average Bonchev–Trinajstić information content (AvgIpc) is 2.18. The number of carbonyl (C=O) groups excluding carboxylic acids is 1. The van der Waals surface area contributed by atoms with Gasteiger partial charge in [0.1, 0.15) is 11.8 Å². The Bertz CT molecular complexity index is 254. The highest BCUT2D eigenvalue weighted by molar-refractivity contribution is 5.82. The van der Waals surface area contributed by atoms with Gasteiger partial charge in [-0.25, -0.2) is 0 Å². The van der Waals surface area contributed by atoms with Gasteiger partial charge in [0.2, 0.25) is 0 Å². The Morgan fingerprint density at radius 2 is 2.40 bits per heavy atom. The van der Waals surface area contributed by atoms with Gasteiger partial charge in [0.05, 0.1) is 6.61 Å². The Morgan fingerprint density at radius 3 is 2.87 bits per heavy atom. The molecule has 5 nitrogen and oxygen atoms in total. The first-order valence-electron chi connectivity index (χ1n) is 5.04. The lowest BCUT2D eigenvalue weighted by atomic mass is 9.97. The zero-order valence-electron chi connectivity index (χ0n) is 9.10. The number of hydrogen-bond donors (Lipinski definition) is 1. The number of aliphatic carboxylic acids is 1. The van der Waals surface area contributed by atoms with Crippen molar-refractivity contribution in [1.82, 2.24) is 4.90 Å². The van der Waals surface area contributed by atoms with E-state index in [1.165, 1.54) is 7.11 Å². The van der Waals surface area contributed by atoms with Crippen LogP contribution in [0, 0.1) is 5.92 Å². The SMILES string of the molecule is COCC(C(=O)O)N1CCC(=O)C(C)C1. The minimum absolute atomic E-state index is 0.0718. The van der Waals surface area contributed by atoms with Gasteiger partial charge >= 0.3 is 5.97 Å². The Kier molecular flexibility index (Phi) is 4.23. The number of carboxylic acid groups (broad SMARTS) is 1. The molecule has 1 heterocycles. The molecule has 0 saturated carbocycles. The van der Waals surface area contributed by atoms with Gasteiger partial charge in [-0.15, -0.1) is 0 Å². The molecule has 0 aliphatic carbocycles. The molecule has 0 spiro atoms. The van der Waals surface area contributed by atoms with Gasteiger partial charge in [0.15, 0.2) is 0 Å². The van der Waals surface area contributed by atoms with Crippen molar-refractivity contribution >= 4 is 11.8 Å². The van der Waals surface area contributed by atoms with Crippen molar-refractivity contribution in [3.8, 4) is 0 Å². The number of carboxylic acids is 1. The van der Waals surface area contributed by atoms with E-state index in [2.05, 4.69) is 0 Å². The minimum atomic E-state index is -0.890. The quantitative estimate of drug-likeness (QED) is 0.714. The maximum absolute atomic E-state index is 11.3. The molecule has 2 unspecified atom stereocenters. The van der Waals surface area contributed by atoms with Crippen LogP contribution in [0.15, 0.2) is 0 Å². The normalized spacial score (nSPS) is 25.2. The fourth-order valence-electron chi connectivity index (χ4n) is 1.82. The molecular weight excluding hydrogens is 198 g/mol. The van der Waals surface area contributed by atoms with Gasteiger partial charge in [0, 0.05) is 32.5 Å². The summed E-state index contributed by atoms with van der Waals surface area (Å²) in [7, 11) is 1.48. The Balaban J connectivity index is 2.61. The van der Waals surface area contributed by atoms with Crippen molar-refractivity contribution in [3.05, 3.63) is 0 Å². The lowest BCUT2D eigenvalue weighted by Gasteiger charge is -2.33. The predicted octanol–water partition coefficient (Wildman–Crippen LogP) is -0.00310. The number of piperidine rings is 1. The number of likely N-dealkylation sites (tertiary alicyclic amines) is 1. The van der Waals surface area contributed by atoms with E-state index in [1.807, 2.05) is 6.92 Å². The lowest BCUT2D eigenvalue weighted by Crippen LogP contribution is -2.50. The highest BCUT2D eigenvalue weighted by atomic mass is 16.5. The molecule has 1 rings (SSSR count). The molecule has 15 heavy (non-hydrogen) atoms. The van der Waals surface area contributed by atoms with Crippen LogP contribution in [-0.4, -0.2) is 54.6 Å². The number of rotatable bonds is 4. The summed E-state index contributed by atoms with van der Waals surface area (Å²) in [5, 5.41) is 9.00. The summed E-state index contributed by atoms with van der Waals surface area (Å²) in [5.74, 6) is -0.747. The van der Waals surface area contributed by atoms with E-state index in [4.69, 9.17) is 9.84 Å². The first kappa shape index (κ1) is 12.1. The van der Waals surface area contributed by atoms with E-state index >= 15 is 0 Å². The Hall–Kier alpha value is -0.940. The number of Topliss-reactive ketones (excluding diaryl/α,β-unsaturated/α-hetero) is 1. The molecule has 5 heteroatoms. The lowest BCUT2D eigenvalue weighted by molar-refractivity contribution is -0.148. The number of methoxy groups -OCH3 is 1. The second-order valence-electron chi connectivity index (χ2n) is 3.92. The van der Waals surface area contributed by atoms with E-state index in [1.54, 1.807) is 4.90 Å². The highest BCUT2D eigenvalue weighted by Crippen LogP contribution is 2.15. The topological polar surface area (TPSA) is 66.8 Å². The molecule has 0 amide bonds. The smallest absolute Gasteiger partial charge is 0.323 e. The largest absolute Gasteiger partial charge is 0.480 e. The van der Waals surface area contributed by atoms with Gasteiger partial charge in [-0.3, -0.25) is 14.5 Å². The van der Waals surface area contributed by atoms with E-state index in [9.17, 15) is 9.59 Å². The van der Waals surface area contributed by atoms with Crippen LogP contribution in [0.2, 0.25) is 0 Å². The van der Waals surface area contributed by atoms with E-state index in [-0.39, 0.29) is 18.3 Å². The molecule has 0 bridgehead atoms. The van der Waals surface area contributed by atoms with Crippen LogP contribution in [0.4, 0.5) is 0 Å². The van der Waals surface area contributed by atoms with Crippen LogP contribution < -0.4 is 0 Å². The van der Waals surface area contributed by atoms with Crippen LogP contribution >= 0.6 is 0 Å². The van der Waals surface area contributed by atoms with Crippen molar-refractivity contribution in [2.45, 2.75) is 19.4 Å². The zero-order chi connectivity index (χ0) is 11.4. The molecule has 0 radical (unpaired) electrons. The molecule has 1 aliphatic rings. The summed E-state index contributed by atoms with van der Waals surface area (Å²) >= 11 is 0. The van der Waals surface area contributed by atoms with E-state index in [0.29, 0.717) is 19.5 Å². The predicted molar refractivity (Wildman–Crippen MR) is 53.7 cm³/mol. The van der Waals surface area contributed by atoms with E-state index < -0.39 is 12.0 Å². The molecule has 86 valence electrons. The van der Waals surface area contributed by atoms with Gasteiger partial charge in [-0.05, 0) is 0 Å². The van der Waals surface area contributed by atoms with Crippen molar-refractivity contribution in [3.63, 3.8) is 0 Å². The summed E-state index contributed by atoms with van der Waals surface area (Å²) in [6.45, 7) is 3.03. The Morgan fingerprint density at radius 1 is 1.73 bits per heavy atom. The first-order valence-corrected chi connectivity index (χ1v) is 5.04. The Labute approximate surface area is 89.0 Å². The summed E-state index contributed by atoms with van der Waals surface area (Å²) in [6.07, 6.45) is 0.439. The molecule has 0 aromatic rings. The number of hydrogen-bond acceptors (Lipinski definition) is 4. The first-order chi connectivity index (χ1) is 7.06. The second kappa shape index (κ2) is 5.23. The number of ether oxygens (including phenoxy) is 1. The fourth-order valence-corrected chi connectivity index (χ4v) is 1.82. The van der Waals surface area contributed by atoms with Gasteiger partial charge in [-0.2, -0.15) is 0 Å². The summed E-state index contributed by atoms with van der Waals surface area (Å²) in [5.41, 5.74) is 0. The third-order valence-corrected chi connectivity index (χ3v) is 2.75. The third-order valence-electron chi connectivity index (χ3n) is 2.75.